The van der Waals surface area contributed by atoms with Crippen molar-refractivity contribution in [3.63, 3.8) is 0 Å². The minimum atomic E-state index is -0.183. The van der Waals surface area contributed by atoms with E-state index in [-0.39, 0.29) is 24.2 Å². The summed E-state index contributed by atoms with van der Waals surface area (Å²) in [4.78, 5) is 18.7. The zero-order valence-electron chi connectivity index (χ0n) is 13.6. The molecule has 2 amide bonds. The van der Waals surface area contributed by atoms with Crippen molar-refractivity contribution in [2.75, 3.05) is 13.2 Å². The normalized spacial score (nSPS) is 22.2. The lowest BCUT2D eigenvalue weighted by Crippen LogP contribution is -2.52. The van der Waals surface area contributed by atoms with Crippen molar-refractivity contribution in [2.45, 2.75) is 32.0 Å². The maximum absolute atomic E-state index is 12.7. The predicted molar refractivity (Wildman–Crippen MR) is 95.4 cm³/mol. The van der Waals surface area contributed by atoms with Crippen molar-refractivity contribution in [3.8, 4) is 0 Å². The number of morpholine rings is 1. The largest absolute Gasteiger partial charge is 0.370 e. The molecule has 2 aromatic rings. The van der Waals surface area contributed by atoms with Gasteiger partial charge in [-0.05, 0) is 31.5 Å². The van der Waals surface area contributed by atoms with Crippen LogP contribution in [-0.4, -0.2) is 35.1 Å². The zero-order valence-corrected chi connectivity index (χ0v) is 15.2. The maximum Gasteiger partial charge on any atom is 0.318 e. The van der Waals surface area contributed by atoms with Crippen LogP contribution in [0.25, 0.3) is 0 Å². The van der Waals surface area contributed by atoms with E-state index in [1.807, 2.05) is 48.4 Å². The topological polar surface area (TPSA) is 54.5 Å². The molecule has 7 heteroatoms. The quantitative estimate of drug-likeness (QED) is 0.893. The van der Waals surface area contributed by atoms with Crippen LogP contribution in [0.4, 0.5) is 4.79 Å². The van der Waals surface area contributed by atoms with Crippen molar-refractivity contribution in [1.29, 1.82) is 0 Å². The SMILES string of the molecule is CC(NC(=O)N1CCO[C@H](c2cccc(Cl)c2)[C@H]1C)c1cscn1. The number of rotatable bonds is 3. The van der Waals surface area contributed by atoms with Crippen molar-refractivity contribution < 1.29 is 9.53 Å². The molecule has 1 aromatic carbocycles. The molecule has 1 aliphatic heterocycles. The molecule has 1 fully saturated rings. The number of nitrogens with zero attached hydrogens (tertiary/aromatic N) is 2. The van der Waals surface area contributed by atoms with Crippen molar-refractivity contribution in [1.82, 2.24) is 15.2 Å². The number of benzene rings is 1. The first kappa shape index (κ1) is 17.2. The van der Waals surface area contributed by atoms with Gasteiger partial charge in [-0.1, -0.05) is 23.7 Å². The summed E-state index contributed by atoms with van der Waals surface area (Å²) in [6, 6.07) is 7.30. The van der Waals surface area contributed by atoms with E-state index in [1.165, 1.54) is 11.3 Å². The number of urea groups is 1. The molecule has 24 heavy (non-hydrogen) atoms. The second-order valence-electron chi connectivity index (χ2n) is 5.86. The average molecular weight is 366 g/mol. The number of amides is 2. The van der Waals surface area contributed by atoms with E-state index < -0.39 is 0 Å². The van der Waals surface area contributed by atoms with Gasteiger partial charge in [-0.25, -0.2) is 9.78 Å². The van der Waals surface area contributed by atoms with Crippen molar-refractivity contribution >= 4 is 29.0 Å². The van der Waals surface area contributed by atoms with E-state index in [4.69, 9.17) is 16.3 Å². The van der Waals surface area contributed by atoms with Crippen molar-refractivity contribution in [2.24, 2.45) is 0 Å². The number of aromatic nitrogens is 1. The summed E-state index contributed by atoms with van der Waals surface area (Å²) >= 11 is 7.60. The van der Waals surface area contributed by atoms with E-state index in [1.54, 1.807) is 5.51 Å². The molecule has 5 nitrogen and oxygen atoms in total. The average Bonchev–Trinajstić information content (AvgIpc) is 3.09. The molecule has 1 saturated heterocycles. The lowest BCUT2D eigenvalue weighted by Gasteiger charge is -2.39. The molecule has 1 N–H and O–H groups in total. The van der Waals surface area contributed by atoms with Crippen LogP contribution in [0.2, 0.25) is 5.02 Å². The summed E-state index contributed by atoms with van der Waals surface area (Å²) in [5.41, 5.74) is 3.63. The Labute approximate surface area is 150 Å². The molecule has 3 rings (SSSR count). The monoisotopic (exact) mass is 365 g/mol. The summed E-state index contributed by atoms with van der Waals surface area (Å²) in [5, 5.41) is 5.63. The second-order valence-corrected chi connectivity index (χ2v) is 7.02. The first-order valence-electron chi connectivity index (χ1n) is 7.88. The third-order valence-electron chi connectivity index (χ3n) is 4.23. The predicted octanol–water partition coefficient (Wildman–Crippen LogP) is 4.03. The summed E-state index contributed by atoms with van der Waals surface area (Å²) < 4.78 is 5.90. The van der Waals surface area contributed by atoms with Gasteiger partial charge in [-0.15, -0.1) is 11.3 Å². The number of hydrogen-bond donors (Lipinski definition) is 1. The number of ether oxygens (including phenoxy) is 1. The molecule has 1 aliphatic rings. The highest BCUT2D eigenvalue weighted by molar-refractivity contribution is 7.07. The van der Waals surface area contributed by atoms with Crippen LogP contribution in [0.1, 0.15) is 37.3 Å². The first-order valence-corrected chi connectivity index (χ1v) is 9.20. The first-order chi connectivity index (χ1) is 11.6. The highest BCUT2D eigenvalue weighted by Crippen LogP contribution is 2.30. The smallest absolute Gasteiger partial charge is 0.318 e. The standard InChI is InChI=1S/C17H20ClN3O2S/c1-11(15-9-24-10-19-15)20-17(22)21-6-7-23-16(12(21)2)13-4-3-5-14(18)8-13/h3-5,8-12,16H,6-7H2,1-2H3,(H,20,22)/t11?,12-,16+/m1/s1. The molecule has 2 heterocycles. The van der Waals surface area contributed by atoms with E-state index in [0.717, 1.165) is 11.3 Å². The van der Waals surface area contributed by atoms with Gasteiger partial charge in [0.15, 0.2) is 0 Å². The summed E-state index contributed by atoms with van der Waals surface area (Å²) in [6.07, 6.45) is -0.183. The Bertz CT molecular complexity index is 695. The van der Waals surface area contributed by atoms with Crippen LogP contribution in [0.15, 0.2) is 35.2 Å². The lowest BCUT2D eigenvalue weighted by atomic mass is 10.0. The Balaban J connectivity index is 1.70. The highest BCUT2D eigenvalue weighted by atomic mass is 35.5. The maximum atomic E-state index is 12.7. The van der Waals surface area contributed by atoms with Crippen LogP contribution in [0, 0.1) is 0 Å². The number of thiazole rings is 1. The fourth-order valence-electron chi connectivity index (χ4n) is 2.91. The molecule has 3 atom stereocenters. The summed E-state index contributed by atoms with van der Waals surface area (Å²) in [5.74, 6) is 0. The fourth-order valence-corrected chi connectivity index (χ4v) is 3.75. The molecule has 0 radical (unpaired) electrons. The van der Waals surface area contributed by atoms with E-state index in [2.05, 4.69) is 10.3 Å². The molecule has 0 spiro atoms. The summed E-state index contributed by atoms with van der Waals surface area (Å²) in [7, 11) is 0. The molecule has 0 bridgehead atoms. The van der Waals surface area contributed by atoms with Gasteiger partial charge in [0.1, 0.15) is 6.10 Å². The number of halogens is 1. The fraction of sp³-hybridized carbons (Fsp3) is 0.412. The van der Waals surface area contributed by atoms with Gasteiger partial charge in [0.2, 0.25) is 0 Å². The Morgan fingerprint density at radius 1 is 1.54 bits per heavy atom. The van der Waals surface area contributed by atoms with E-state index >= 15 is 0 Å². The third kappa shape index (κ3) is 3.71. The molecular formula is C17H20ClN3O2S. The number of hydrogen-bond acceptors (Lipinski definition) is 4. The van der Waals surface area contributed by atoms with Crippen LogP contribution >= 0.6 is 22.9 Å². The number of nitrogens with one attached hydrogen (secondary N) is 1. The van der Waals surface area contributed by atoms with Crippen LogP contribution < -0.4 is 5.32 Å². The van der Waals surface area contributed by atoms with Gasteiger partial charge in [0.25, 0.3) is 0 Å². The molecule has 1 unspecified atom stereocenters. The second kappa shape index (κ2) is 7.51. The minimum absolute atomic E-state index is 0.0835. The van der Waals surface area contributed by atoms with Gasteiger partial charge in [-0.2, -0.15) is 0 Å². The Morgan fingerprint density at radius 3 is 3.08 bits per heavy atom. The Hall–Kier alpha value is -1.63. The minimum Gasteiger partial charge on any atom is -0.370 e. The zero-order chi connectivity index (χ0) is 17.1. The van der Waals surface area contributed by atoms with Gasteiger partial charge in [-0.3, -0.25) is 0 Å². The molecule has 0 saturated carbocycles. The number of carbonyl (C=O) groups excluding carboxylic acids is 1. The van der Waals surface area contributed by atoms with Gasteiger partial charge >= 0.3 is 6.03 Å². The van der Waals surface area contributed by atoms with Gasteiger partial charge < -0.3 is 15.0 Å². The van der Waals surface area contributed by atoms with Gasteiger partial charge in [0.05, 0.1) is 29.9 Å². The van der Waals surface area contributed by atoms with Gasteiger partial charge in [0, 0.05) is 16.9 Å². The lowest BCUT2D eigenvalue weighted by molar-refractivity contribution is -0.0500. The van der Waals surface area contributed by atoms with Crippen molar-refractivity contribution in [3.05, 3.63) is 51.4 Å². The van der Waals surface area contributed by atoms with Crippen LogP contribution in [-0.2, 0) is 4.74 Å². The van der Waals surface area contributed by atoms with E-state index in [9.17, 15) is 4.79 Å². The number of carbonyl (C=O) groups is 1. The molecule has 128 valence electrons. The molecule has 0 aliphatic carbocycles. The van der Waals surface area contributed by atoms with E-state index in [0.29, 0.717) is 18.2 Å². The Morgan fingerprint density at radius 2 is 2.38 bits per heavy atom. The third-order valence-corrected chi connectivity index (χ3v) is 5.07. The van der Waals surface area contributed by atoms with Crippen LogP contribution in [0.5, 0.6) is 0 Å². The Kier molecular flexibility index (Phi) is 5.38. The highest BCUT2D eigenvalue weighted by Gasteiger charge is 2.33. The van der Waals surface area contributed by atoms with Crippen LogP contribution in [0.3, 0.4) is 0 Å². The molecule has 1 aromatic heterocycles. The molecular weight excluding hydrogens is 346 g/mol. The summed E-state index contributed by atoms with van der Waals surface area (Å²) in [6.45, 7) is 5.00.